The molecule has 3 N–H and O–H groups in total. The second-order valence-corrected chi connectivity index (χ2v) is 10.7. The maximum atomic E-state index is 13.6. The number of piperazine rings is 1. The third-order valence-corrected chi connectivity index (χ3v) is 8.21. The van der Waals surface area contributed by atoms with E-state index in [1.165, 1.54) is 11.9 Å². The summed E-state index contributed by atoms with van der Waals surface area (Å²) in [4.78, 5) is 21.2. The van der Waals surface area contributed by atoms with Crippen molar-refractivity contribution in [2.24, 2.45) is 5.14 Å². The van der Waals surface area contributed by atoms with Crippen molar-refractivity contribution in [1.82, 2.24) is 4.90 Å². The number of benzene rings is 3. The number of aryl methyl sites for hydroxylation is 2. The molecule has 2 heterocycles. The van der Waals surface area contributed by atoms with E-state index in [-0.39, 0.29) is 11.9 Å². The van der Waals surface area contributed by atoms with Gasteiger partial charge >= 0.3 is 0 Å². The molecule has 0 aromatic heterocycles. The van der Waals surface area contributed by atoms with Gasteiger partial charge in [-0.25, -0.2) is 0 Å². The molecule has 3 aromatic rings. The average molecular weight is 527 g/mol. The van der Waals surface area contributed by atoms with E-state index in [0.29, 0.717) is 18.7 Å². The molecule has 3 aromatic carbocycles. The highest BCUT2D eigenvalue weighted by molar-refractivity contribution is 7.97. The van der Waals surface area contributed by atoms with Gasteiger partial charge in [-0.3, -0.25) is 9.93 Å². The lowest BCUT2D eigenvalue weighted by atomic mass is 10.0. The van der Waals surface area contributed by atoms with Gasteiger partial charge in [0.25, 0.3) is 5.91 Å². The first-order valence-electron chi connectivity index (χ1n) is 13.1. The van der Waals surface area contributed by atoms with Crippen LogP contribution in [0.4, 0.5) is 17.1 Å². The van der Waals surface area contributed by atoms with Crippen LogP contribution in [0, 0.1) is 25.2 Å². The SMILES string of the molecule is Cc1cc(C)c(C(=O)N2CCN(c3ccccc3SN)CC2)cc1NC1CCN(c2ccccc2C#N)C1. The van der Waals surface area contributed by atoms with Crippen molar-refractivity contribution in [2.45, 2.75) is 31.2 Å². The summed E-state index contributed by atoms with van der Waals surface area (Å²) in [7, 11) is 0. The summed E-state index contributed by atoms with van der Waals surface area (Å²) in [6, 6.07) is 22.6. The number of nitrogens with one attached hydrogen (secondary N) is 1. The lowest BCUT2D eigenvalue weighted by molar-refractivity contribution is 0.0746. The summed E-state index contributed by atoms with van der Waals surface area (Å²) >= 11 is 1.26. The summed E-state index contributed by atoms with van der Waals surface area (Å²) in [5, 5.41) is 19.1. The van der Waals surface area contributed by atoms with E-state index >= 15 is 0 Å². The first-order valence-corrected chi connectivity index (χ1v) is 14.0. The highest BCUT2D eigenvalue weighted by atomic mass is 32.2. The van der Waals surface area contributed by atoms with Crippen molar-refractivity contribution in [2.75, 3.05) is 54.4 Å². The van der Waals surface area contributed by atoms with Gasteiger partial charge in [0, 0.05) is 61.5 Å². The van der Waals surface area contributed by atoms with E-state index < -0.39 is 0 Å². The number of carbonyl (C=O) groups excluding carboxylic acids is 1. The molecule has 0 bridgehead atoms. The van der Waals surface area contributed by atoms with E-state index in [0.717, 1.165) is 71.2 Å². The van der Waals surface area contributed by atoms with Gasteiger partial charge in [0.2, 0.25) is 0 Å². The molecule has 1 unspecified atom stereocenters. The molecular formula is C30H34N6OS. The molecule has 8 heteroatoms. The van der Waals surface area contributed by atoms with Crippen LogP contribution in [0.25, 0.3) is 0 Å². The van der Waals surface area contributed by atoms with Crippen LogP contribution >= 0.6 is 11.9 Å². The zero-order valence-electron chi connectivity index (χ0n) is 22.0. The molecule has 38 heavy (non-hydrogen) atoms. The monoisotopic (exact) mass is 526 g/mol. The minimum absolute atomic E-state index is 0.0858. The van der Waals surface area contributed by atoms with Crippen molar-refractivity contribution in [3.05, 3.63) is 82.9 Å². The molecule has 1 amide bonds. The molecule has 0 aliphatic carbocycles. The molecule has 0 radical (unpaired) electrons. The Morgan fingerprint density at radius 1 is 0.947 bits per heavy atom. The van der Waals surface area contributed by atoms with Gasteiger partial charge in [0.15, 0.2) is 0 Å². The van der Waals surface area contributed by atoms with E-state index in [2.05, 4.69) is 40.2 Å². The second kappa shape index (κ2) is 11.4. The number of rotatable bonds is 6. The van der Waals surface area contributed by atoms with Crippen LogP contribution in [-0.4, -0.2) is 56.1 Å². The molecule has 0 saturated carbocycles. The van der Waals surface area contributed by atoms with Crippen molar-refractivity contribution < 1.29 is 4.79 Å². The molecular weight excluding hydrogens is 492 g/mol. The van der Waals surface area contributed by atoms with E-state index in [9.17, 15) is 10.1 Å². The smallest absolute Gasteiger partial charge is 0.254 e. The fraction of sp³-hybridized carbons (Fsp3) is 0.333. The Morgan fingerprint density at radius 2 is 1.66 bits per heavy atom. The van der Waals surface area contributed by atoms with Crippen molar-refractivity contribution in [1.29, 1.82) is 5.26 Å². The Bertz CT molecular complexity index is 1360. The number of nitrogens with two attached hydrogens (primary N) is 1. The summed E-state index contributed by atoms with van der Waals surface area (Å²) in [6.45, 7) is 8.73. The molecule has 2 aliphatic rings. The Kier molecular flexibility index (Phi) is 7.77. The van der Waals surface area contributed by atoms with Crippen LogP contribution in [-0.2, 0) is 0 Å². The van der Waals surface area contributed by atoms with Crippen molar-refractivity contribution >= 4 is 34.9 Å². The third kappa shape index (κ3) is 5.31. The number of anilines is 3. The van der Waals surface area contributed by atoms with E-state index in [1.54, 1.807) is 0 Å². The van der Waals surface area contributed by atoms with Crippen LogP contribution in [0.2, 0.25) is 0 Å². The number of nitriles is 1. The topological polar surface area (TPSA) is 88.6 Å². The lowest BCUT2D eigenvalue weighted by Crippen LogP contribution is -2.49. The Balaban J connectivity index is 1.26. The third-order valence-electron chi connectivity index (χ3n) is 7.61. The number of para-hydroxylation sites is 2. The molecule has 0 spiro atoms. The summed E-state index contributed by atoms with van der Waals surface area (Å²) in [6.07, 6.45) is 0.973. The predicted molar refractivity (Wildman–Crippen MR) is 156 cm³/mol. The number of nitrogens with zero attached hydrogens (tertiary/aromatic N) is 4. The first kappa shape index (κ1) is 26.0. The van der Waals surface area contributed by atoms with Crippen LogP contribution in [0.5, 0.6) is 0 Å². The van der Waals surface area contributed by atoms with Crippen LogP contribution < -0.4 is 20.3 Å². The fourth-order valence-electron chi connectivity index (χ4n) is 5.54. The Morgan fingerprint density at radius 3 is 2.39 bits per heavy atom. The second-order valence-electron chi connectivity index (χ2n) is 10.1. The zero-order valence-corrected chi connectivity index (χ0v) is 22.8. The van der Waals surface area contributed by atoms with Crippen LogP contribution in [0.3, 0.4) is 0 Å². The highest BCUT2D eigenvalue weighted by Crippen LogP contribution is 2.30. The molecule has 2 aliphatic heterocycles. The van der Waals surface area contributed by atoms with Gasteiger partial charge in [-0.2, -0.15) is 5.26 Å². The zero-order chi connectivity index (χ0) is 26.6. The first-order chi connectivity index (χ1) is 18.5. The molecule has 7 nitrogen and oxygen atoms in total. The Hall–Kier alpha value is -3.67. The van der Waals surface area contributed by atoms with Gasteiger partial charge in [0.05, 0.1) is 16.9 Å². The van der Waals surface area contributed by atoms with Crippen LogP contribution in [0.1, 0.15) is 33.5 Å². The van der Waals surface area contributed by atoms with Crippen molar-refractivity contribution in [3.8, 4) is 6.07 Å². The van der Waals surface area contributed by atoms with Crippen LogP contribution in [0.15, 0.2) is 65.6 Å². The standard InChI is InChI=1S/C30H34N6OS/c1-21-17-22(2)26(33-24-11-12-36(20-24)27-8-4-3-7-23(27)19-31)18-25(21)30(37)35-15-13-34(14-16-35)28-9-5-6-10-29(28)38-32/h3-10,17-18,24,33H,11-16,20,32H2,1-2H3. The lowest BCUT2D eigenvalue weighted by Gasteiger charge is -2.37. The number of hydrogen-bond donors (Lipinski definition) is 2. The average Bonchev–Trinajstić information content (AvgIpc) is 3.42. The largest absolute Gasteiger partial charge is 0.380 e. The number of amides is 1. The fourth-order valence-corrected chi connectivity index (χ4v) is 6.01. The van der Waals surface area contributed by atoms with Gasteiger partial charge in [0.1, 0.15) is 6.07 Å². The van der Waals surface area contributed by atoms with E-state index in [1.807, 2.05) is 60.4 Å². The highest BCUT2D eigenvalue weighted by Gasteiger charge is 2.27. The van der Waals surface area contributed by atoms with Gasteiger partial charge < -0.3 is 20.0 Å². The van der Waals surface area contributed by atoms with Gasteiger partial charge in [-0.15, -0.1) is 0 Å². The normalized spacial score (nSPS) is 17.4. The quantitative estimate of drug-likeness (QED) is 0.446. The summed E-state index contributed by atoms with van der Waals surface area (Å²) < 4.78 is 0. The predicted octanol–water partition coefficient (Wildman–Crippen LogP) is 4.79. The van der Waals surface area contributed by atoms with Gasteiger partial charge in [-0.05, 0) is 73.7 Å². The number of carbonyl (C=O) groups is 1. The molecule has 196 valence electrons. The maximum absolute atomic E-state index is 13.6. The minimum Gasteiger partial charge on any atom is -0.380 e. The van der Waals surface area contributed by atoms with Crippen molar-refractivity contribution in [3.63, 3.8) is 0 Å². The van der Waals surface area contributed by atoms with Gasteiger partial charge in [-0.1, -0.05) is 30.3 Å². The molecule has 2 fully saturated rings. The summed E-state index contributed by atoms with van der Waals surface area (Å²) in [5.74, 6) is 0.0858. The Labute approximate surface area is 229 Å². The summed E-state index contributed by atoms with van der Waals surface area (Å²) in [5.41, 5.74) is 6.73. The van der Waals surface area contributed by atoms with E-state index in [4.69, 9.17) is 5.14 Å². The molecule has 2 saturated heterocycles. The molecule has 5 rings (SSSR count). The minimum atomic E-state index is 0.0858. The maximum Gasteiger partial charge on any atom is 0.254 e. The molecule has 1 atom stereocenters. The number of hydrogen-bond acceptors (Lipinski definition) is 7.